The zero-order valence-corrected chi connectivity index (χ0v) is 15.5. The van der Waals surface area contributed by atoms with Gasteiger partial charge in [0.15, 0.2) is 0 Å². The van der Waals surface area contributed by atoms with Crippen LogP contribution in [0.15, 0.2) is 51.5 Å². The zero-order valence-electron chi connectivity index (χ0n) is 13.9. The average molecular weight is 398 g/mol. The molecule has 1 heterocycles. The van der Waals surface area contributed by atoms with Crippen LogP contribution < -0.4 is 11.5 Å². The van der Waals surface area contributed by atoms with Gasteiger partial charge in [-0.05, 0) is 30.5 Å². The van der Waals surface area contributed by atoms with E-state index in [4.69, 9.17) is 11.5 Å². The first-order valence-electron chi connectivity index (χ1n) is 8.42. The van der Waals surface area contributed by atoms with E-state index in [9.17, 15) is 10.5 Å². The number of hydrogen-bond acceptors (Lipinski definition) is 5. The van der Waals surface area contributed by atoms with Crippen molar-refractivity contribution in [2.45, 2.75) is 44.1 Å². The van der Waals surface area contributed by atoms with Crippen LogP contribution in [0.4, 0.5) is 0 Å². The fraction of sp³-hybridized carbons (Fsp3) is 0.368. The van der Waals surface area contributed by atoms with Crippen molar-refractivity contribution < 1.29 is 0 Å². The smallest absolute Gasteiger partial charge is 0.120 e. The summed E-state index contributed by atoms with van der Waals surface area (Å²) < 4.78 is 0.932. The zero-order chi connectivity index (χ0) is 18.0. The number of nitrogens with zero attached hydrogens (tertiary/aromatic N) is 3. The van der Waals surface area contributed by atoms with Gasteiger partial charge in [-0.25, -0.2) is 0 Å². The molecule has 0 unspecified atom stereocenters. The molecule has 0 spiro atoms. The summed E-state index contributed by atoms with van der Waals surface area (Å²) in [4.78, 5) is 1.83. The highest BCUT2D eigenvalue weighted by molar-refractivity contribution is 9.10. The van der Waals surface area contributed by atoms with Crippen molar-refractivity contribution in [2.75, 3.05) is 0 Å². The van der Waals surface area contributed by atoms with E-state index in [2.05, 4.69) is 28.1 Å². The molecule has 3 rings (SSSR count). The minimum Gasteiger partial charge on any atom is -0.384 e. The molecule has 0 saturated heterocycles. The van der Waals surface area contributed by atoms with Gasteiger partial charge in [0.25, 0.3) is 0 Å². The maximum Gasteiger partial charge on any atom is 0.120 e. The van der Waals surface area contributed by atoms with Gasteiger partial charge < -0.3 is 16.4 Å². The SMILES string of the molecule is N#CC1=C(N)N(C2CCCCC2)C(N)=C(C#N)C1c1ccc(Br)cc1. The van der Waals surface area contributed by atoms with E-state index >= 15 is 0 Å². The summed E-state index contributed by atoms with van der Waals surface area (Å²) in [6.45, 7) is 0. The van der Waals surface area contributed by atoms with Crippen LogP contribution in [0.3, 0.4) is 0 Å². The molecule has 1 aromatic rings. The summed E-state index contributed by atoms with van der Waals surface area (Å²) in [5.74, 6) is 0.264. The van der Waals surface area contributed by atoms with Gasteiger partial charge >= 0.3 is 0 Å². The van der Waals surface area contributed by atoms with E-state index < -0.39 is 5.92 Å². The van der Waals surface area contributed by atoms with Gasteiger partial charge in [-0.1, -0.05) is 47.3 Å². The first-order chi connectivity index (χ1) is 12.1. The summed E-state index contributed by atoms with van der Waals surface area (Å²) in [6, 6.07) is 12.2. The van der Waals surface area contributed by atoms with Crippen molar-refractivity contribution in [2.24, 2.45) is 11.5 Å². The number of rotatable bonds is 2. The number of halogens is 1. The van der Waals surface area contributed by atoms with Crippen molar-refractivity contribution in [3.8, 4) is 12.1 Å². The highest BCUT2D eigenvalue weighted by Crippen LogP contribution is 2.41. The number of nitriles is 2. The third kappa shape index (κ3) is 3.10. The Kier molecular flexibility index (Phi) is 5.01. The van der Waals surface area contributed by atoms with Crippen LogP contribution in [0.1, 0.15) is 43.6 Å². The average Bonchev–Trinajstić information content (AvgIpc) is 2.63. The fourth-order valence-electron chi connectivity index (χ4n) is 3.79. The van der Waals surface area contributed by atoms with Crippen LogP contribution in [-0.2, 0) is 0 Å². The Labute approximate surface area is 156 Å². The maximum absolute atomic E-state index is 9.77. The van der Waals surface area contributed by atoms with Gasteiger partial charge in [0.1, 0.15) is 11.6 Å². The lowest BCUT2D eigenvalue weighted by Gasteiger charge is -2.40. The van der Waals surface area contributed by atoms with Crippen molar-refractivity contribution in [1.82, 2.24) is 4.90 Å². The van der Waals surface area contributed by atoms with E-state index in [1.807, 2.05) is 29.2 Å². The maximum atomic E-state index is 9.77. The molecule has 0 aromatic heterocycles. The van der Waals surface area contributed by atoms with Crippen molar-refractivity contribution >= 4 is 15.9 Å². The molecular formula is C19H20BrN5. The number of hydrogen-bond donors (Lipinski definition) is 2. The van der Waals surface area contributed by atoms with E-state index in [1.165, 1.54) is 6.42 Å². The molecule has 5 nitrogen and oxygen atoms in total. The van der Waals surface area contributed by atoms with Crippen molar-refractivity contribution in [3.63, 3.8) is 0 Å². The molecule has 1 aliphatic carbocycles. The Bertz CT molecular complexity index is 766. The van der Waals surface area contributed by atoms with Crippen LogP contribution in [-0.4, -0.2) is 10.9 Å². The standard InChI is InChI=1S/C19H20BrN5/c20-13-8-6-12(7-9-13)17-15(10-21)18(23)25(19(24)16(17)11-22)14-4-2-1-3-5-14/h6-9,14,17H,1-5,23-24H2. The molecular weight excluding hydrogens is 378 g/mol. The normalized spacial score (nSPS) is 19.7. The summed E-state index contributed by atoms with van der Waals surface area (Å²) in [5, 5.41) is 19.5. The molecule has 0 radical (unpaired) electrons. The second kappa shape index (κ2) is 7.21. The Balaban J connectivity index is 2.11. The molecule has 4 N–H and O–H groups in total. The molecule has 1 fully saturated rings. The summed E-state index contributed by atoms with van der Waals surface area (Å²) in [7, 11) is 0. The van der Waals surface area contributed by atoms with Crippen molar-refractivity contribution in [1.29, 1.82) is 10.5 Å². The molecule has 6 heteroatoms. The topological polar surface area (TPSA) is 103 Å². The molecule has 1 aliphatic heterocycles. The Morgan fingerprint density at radius 1 is 0.920 bits per heavy atom. The predicted octanol–water partition coefficient (Wildman–Crippen LogP) is 3.57. The van der Waals surface area contributed by atoms with Gasteiger partial charge in [-0.2, -0.15) is 10.5 Å². The van der Waals surface area contributed by atoms with Gasteiger partial charge in [-0.3, -0.25) is 0 Å². The minimum absolute atomic E-state index is 0.159. The lowest BCUT2D eigenvalue weighted by molar-refractivity contribution is 0.231. The molecule has 1 aromatic carbocycles. The number of nitrogens with two attached hydrogens (primary N) is 2. The van der Waals surface area contributed by atoms with E-state index in [-0.39, 0.29) is 6.04 Å². The van der Waals surface area contributed by atoms with Crippen LogP contribution in [0.5, 0.6) is 0 Å². The van der Waals surface area contributed by atoms with Crippen LogP contribution in [0.2, 0.25) is 0 Å². The second-order valence-corrected chi connectivity index (χ2v) is 7.38. The molecule has 0 amide bonds. The summed E-state index contributed by atoms with van der Waals surface area (Å²) >= 11 is 3.41. The third-order valence-corrected chi connectivity index (χ3v) is 5.56. The summed E-state index contributed by atoms with van der Waals surface area (Å²) in [6.07, 6.45) is 5.38. The first-order valence-corrected chi connectivity index (χ1v) is 9.22. The third-order valence-electron chi connectivity index (χ3n) is 5.03. The molecule has 0 atom stereocenters. The first kappa shape index (κ1) is 17.4. The molecule has 0 bridgehead atoms. The predicted molar refractivity (Wildman–Crippen MR) is 99.2 cm³/mol. The van der Waals surface area contributed by atoms with Crippen LogP contribution in [0, 0.1) is 22.7 Å². The Morgan fingerprint density at radius 3 is 1.92 bits per heavy atom. The van der Waals surface area contributed by atoms with Crippen LogP contribution in [0.25, 0.3) is 0 Å². The monoisotopic (exact) mass is 397 g/mol. The van der Waals surface area contributed by atoms with E-state index in [0.717, 1.165) is 35.7 Å². The van der Waals surface area contributed by atoms with E-state index in [0.29, 0.717) is 22.8 Å². The Hall–Kier alpha value is -2.44. The van der Waals surface area contributed by atoms with Crippen molar-refractivity contribution in [3.05, 3.63) is 57.1 Å². The van der Waals surface area contributed by atoms with Crippen LogP contribution >= 0.6 is 15.9 Å². The van der Waals surface area contributed by atoms with E-state index in [1.54, 1.807) is 0 Å². The minimum atomic E-state index is -0.511. The van der Waals surface area contributed by atoms with Gasteiger partial charge in [-0.15, -0.1) is 0 Å². The molecule has 1 saturated carbocycles. The second-order valence-electron chi connectivity index (χ2n) is 6.47. The quantitative estimate of drug-likeness (QED) is 0.793. The molecule has 2 aliphatic rings. The van der Waals surface area contributed by atoms with Gasteiger partial charge in [0.2, 0.25) is 0 Å². The highest BCUT2D eigenvalue weighted by Gasteiger charge is 2.37. The lowest BCUT2D eigenvalue weighted by Crippen LogP contribution is -2.45. The fourth-order valence-corrected chi connectivity index (χ4v) is 4.06. The van der Waals surface area contributed by atoms with Gasteiger partial charge in [0.05, 0.1) is 29.2 Å². The largest absolute Gasteiger partial charge is 0.384 e. The number of benzene rings is 1. The molecule has 25 heavy (non-hydrogen) atoms. The number of allylic oxidation sites excluding steroid dienone is 2. The highest BCUT2D eigenvalue weighted by atomic mass is 79.9. The summed E-state index contributed by atoms with van der Waals surface area (Å²) in [5.41, 5.74) is 14.4. The van der Waals surface area contributed by atoms with Gasteiger partial charge in [0, 0.05) is 10.5 Å². The lowest BCUT2D eigenvalue weighted by atomic mass is 9.82. The Morgan fingerprint density at radius 2 is 1.44 bits per heavy atom. The molecule has 128 valence electrons.